The van der Waals surface area contributed by atoms with Crippen molar-refractivity contribution in [3.05, 3.63) is 65.7 Å². The van der Waals surface area contributed by atoms with Gasteiger partial charge in [-0.05, 0) is 55.9 Å². The largest absolute Gasteiger partial charge is 0.468 e. The first-order valence-corrected chi connectivity index (χ1v) is 12.2. The summed E-state index contributed by atoms with van der Waals surface area (Å²) in [5, 5.41) is 8.34. The van der Waals surface area contributed by atoms with Crippen molar-refractivity contribution in [3.63, 3.8) is 0 Å². The summed E-state index contributed by atoms with van der Waals surface area (Å²) in [6.07, 6.45) is 3.33. The molecule has 2 aromatic rings. The van der Waals surface area contributed by atoms with Gasteiger partial charge in [0.05, 0.1) is 0 Å². The molecule has 0 bridgehead atoms. The normalized spacial score (nSPS) is 21.6. The summed E-state index contributed by atoms with van der Waals surface area (Å²) in [5.74, 6) is -0.209. The Kier molecular flexibility index (Phi) is 7.58. The van der Waals surface area contributed by atoms with Crippen molar-refractivity contribution in [1.29, 1.82) is 0 Å². The lowest BCUT2D eigenvalue weighted by Crippen LogP contribution is -2.74. The van der Waals surface area contributed by atoms with Gasteiger partial charge >= 0.3 is 6.09 Å². The predicted molar refractivity (Wildman–Crippen MR) is 130 cm³/mol. The second kappa shape index (κ2) is 10.8. The maximum absolute atomic E-state index is 13.6. The second-order valence-electron chi connectivity index (χ2n) is 9.54. The Balaban J connectivity index is 1.43. The smallest absolute Gasteiger partial charge is 0.408 e. The highest BCUT2D eigenvalue weighted by Crippen LogP contribution is 2.33. The summed E-state index contributed by atoms with van der Waals surface area (Å²) in [6, 6.07) is 16.0. The van der Waals surface area contributed by atoms with E-state index in [9.17, 15) is 14.4 Å². The molecule has 0 spiro atoms. The molecule has 1 heterocycles. The fraction of sp³-hybridized carbons (Fsp3) is 0.444. The van der Waals surface area contributed by atoms with E-state index in [0.29, 0.717) is 5.75 Å². The van der Waals surface area contributed by atoms with Crippen molar-refractivity contribution in [1.82, 2.24) is 16.0 Å². The third-order valence-corrected chi connectivity index (χ3v) is 6.88. The molecule has 1 aliphatic carbocycles. The minimum absolute atomic E-state index is 0.0696. The van der Waals surface area contributed by atoms with Gasteiger partial charge in [0.1, 0.15) is 17.9 Å². The van der Waals surface area contributed by atoms with Crippen LogP contribution in [0.5, 0.6) is 5.75 Å². The second-order valence-corrected chi connectivity index (χ2v) is 9.54. The number of benzene rings is 2. The first-order valence-electron chi connectivity index (χ1n) is 12.2. The van der Waals surface area contributed by atoms with Crippen LogP contribution in [0.4, 0.5) is 4.79 Å². The molecule has 2 fully saturated rings. The van der Waals surface area contributed by atoms with Crippen LogP contribution in [-0.4, -0.2) is 35.7 Å². The van der Waals surface area contributed by atoms with Crippen molar-refractivity contribution in [2.45, 2.75) is 70.4 Å². The van der Waals surface area contributed by atoms with Gasteiger partial charge in [-0.15, -0.1) is 0 Å². The van der Waals surface area contributed by atoms with E-state index in [4.69, 9.17) is 9.47 Å². The molecule has 35 heavy (non-hydrogen) atoms. The van der Waals surface area contributed by atoms with E-state index in [-0.39, 0.29) is 18.4 Å². The Hall–Kier alpha value is -3.55. The molecule has 2 unspecified atom stereocenters. The lowest BCUT2D eigenvalue weighted by Gasteiger charge is -2.42. The average Bonchev–Trinajstić information content (AvgIpc) is 2.87. The van der Waals surface area contributed by atoms with E-state index in [1.165, 1.54) is 0 Å². The lowest BCUT2D eigenvalue weighted by atomic mass is 9.75. The molecule has 3 amide bonds. The van der Waals surface area contributed by atoms with Crippen LogP contribution in [0.25, 0.3) is 0 Å². The first-order chi connectivity index (χ1) is 16.8. The minimum Gasteiger partial charge on any atom is -0.468 e. The Labute approximate surface area is 205 Å². The molecule has 4 rings (SSSR count). The molecule has 8 nitrogen and oxygen atoms in total. The molecule has 1 aliphatic heterocycles. The standard InChI is InChI=1S/C27H33N3O5/c1-18-10-9-15-21(16-18)35-24-22(23(31)29-24)28-25(32)27(2,20-13-7-4-8-14-20)30-26(33)34-17-19-11-5-3-6-12-19/h3,5-6,9-12,15-16,20,22,24H,4,7-8,13-14,17H2,1-2H3,(H,28,32)(H,29,31)(H,30,33)/t22?,24?,27-/m0/s1. The maximum atomic E-state index is 13.6. The number of ether oxygens (including phenoxy) is 2. The van der Waals surface area contributed by atoms with E-state index < -0.39 is 29.8 Å². The van der Waals surface area contributed by atoms with E-state index in [2.05, 4.69) is 16.0 Å². The van der Waals surface area contributed by atoms with E-state index in [0.717, 1.165) is 43.2 Å². The van der Waals surface area contributed by atoms with Gasteiger partial charge in [-0.1, -0.05) is 61.7 Å². The third kappa shape index (κ3) is 5.93. The molecular weight excluding hydrogens is 446 g/mol. The van der Waals surface area contributed by atoms with Crippen LogP contribution in [0, 0.1) is 12.8 Å². The van der Waals surface area contributed by atoms with Gasteiger partial charge in [-0.3, -0.25) is 9.59 Å². The van der Waals surface area contributed by atoms with Crippen molar-refractivity contribution in [3.8, 4) is 5.75 Å². The van der Waals surface area contributed by atoms with Gasteiger partial charge in [0.15, 0.2) is 6.04 Å². The zero-order chi connectivity index (χ0) is 24.8. The predicted octanol–water partition coefficient (Wildman–Crippen LogP) is 3.58. The molecule has 2 aromatic carbocycles. The van der Waals surface area contributed by atoms with E-state index in [1.54, 1.807) is 13.0 Å². The Morgan fingerprint density at radius 1 is 1.06 bits per heavy atom. The van der Waals surface area contributed by atoms with Crippen LogP contribution in [0.2, 0.25) is 0 Å². The van der Waals surface area contributed by atoms with Crippen LogP contribution in [0.1, 0.15) is 50.2 Å². The Morgan fingerprint density at radius 2 is 1.80 bits per heavy atom. The summed E-state index contributed by atoms with van der Waals surface area (Å²) < 4.78 is 11.3. The van der Waals surface area contributed by atoms with Crippen LogP contribution in [0.3, 0.4) is 0 Å². The minimum atomic E-state index is -1.22. The first kappa shape index (κ1) is 24.6. The van der Waals surface area contributed by atoms with Gasteiger partial charge in [0.25, 0.3) is 5.91 Å². The van der Waals surface area contributed by atoms with Crippen LogP contribution in [-0.2, 0) is 20.9 Å². The fourth-order valence-corrected chi connectivity index (χ4v) is 4.72. The lowest BCUT2D eigenvalue weighted by molar-refractivity contribution is -0.146. The summed E-state index contributed by atoms with van der Waals surface area (Å²) in [4.78, 5) is 38.6. The summed E-state index contributed by atoms with van der Waals surface area (Å²) in [5.41, 5.74) is 0.656. The zero-order valence-corrected chi connectivity index (χ0v) is 20.2. The molecule has 2 aliphatic rings. The fourth-order valence-electron chi connectivity index (χ4n) is 4.72. The van der Waals surface area contributed by atoms with Gasteiger partial charge < -0.3 is 25.4 Å². The number of amides is 3. The highest BCUT2D eigenvalue weighted by Gasteiger charge is 2.49. The summed E-state index contributed by atoms with van der Waals surface area (Å²) >= 11 is 0. The van der Waals surface area contributed by atoms with Gasteiger partial charge in [-0.2, -0.15) is 0 Å². The third-order valence-electron chi connectivity index (χ3n) is 6.88. The molecule has 1 saturated heterocycles. The van der Waals surface area contributed by atoms with Gasteiger partial charge in [0, 0.05) is 0 Å². The quantitative estimate of drug-likeness (QED) is 0.502. The van der Waals surface area contributed by atoms with Crippen LogP contribution >= 0.6 is 0 Å². The molecule has 186 valence electrons. The highest BCUT2D eigenvalue weighted by atomic mass is 16.5. The maximum Gasteiger partial charge on any atom is 0.408 e. The summed E-state index contributed by atoms with van der Waals surface area (Å²) in [7, 11) is 0. The number of carbonyl (C=O) groups excluding carboxylic acids is 3. The van der Waals surface area contributed by atoms with E-state index >= 15 is 0 Å². The highest BCUT2D eigenvalue weighted by molar-refractivity contribution is 5.97. The molecule has 8 heteroatoms. The number of nitrogens with one attached hydrogen (secondary N) is 3. The van der Waals surface area contributed by atoms with Crippen LogP contribution in [0.15, 0.2) is 54.6 Å². The van der Waals surface area contributed by atoms with Gasteiger partial charge in [0.2, 0.25) is 12.1 Å². The molecular formula is C27H33N3O5. The number of aryl methyl sites for hydroxylation is 1. The monoisotopic (exact) mass is 479 g/mol. The van der Waals surface area contributed by atoms with Crippen LogP contribution < -0.4 is 20.7 Å². The molecule has 0 radical (unpaired) electrons. The van der Waals surface area contributed by atoms with E-state index in [1.807, 2.05) is 55.5 Å². The average molecular weight is 480 g/mol. The summed E-state index contributed by atoms with van der Waals surface area (Å²) in [6.45, 7) is 3.77. The number of β-lactam (4-membered cyclic amide) rings is 1. The Morgan fingerprint density at radius 3 is 2.49 bits per heavy atom. The Bertz CT molecular complexity index is 1050. The molecule has 3 N–H and O–H groups in total. The number of hydrogen-bond donors (Lipinski definition) is 3. The van der Waals surface area contributed by atoms with Crippen molar-refractivity contribution < 1.29 is 23.9 Å². The SMILES string of the molecule is Cc1cccc(OC2NC(=O)C2NC(=O)[C@@](C)(NC(=O)OCc2ccccc2)C2CCCCC2)c1. The van der Waals surface area contributed by atoms with Crippen molar-refractivity contribution in [2.24, 2.45) is 5.92 Å². The molecule has 0 aromatic heterocycles. The van der Waals surface area contributed by atoms with Crippen molar-refractivity contribution >= 4 is 17.9 Å². The molecule has 3 atom stereocenters. The van der Waals surface area contributed by atoms with Crippen molar-refractivity contribution in [2.75, 3.05) is 0 Å². The zero-order valence-electron chi connectivity index (χ0n) is 20.2. The molecule has 1 saturated carbocycles. The number of alkyl carbamates (subject to hydrolysis) is 1. The number of carbonyl (C=O) groups is 3. The number of rotatable bonds is 8. The van der Waals surface area contributed by atoms with Gasteiger partial charge in [-0.25, -0.2) is 4.79 Å². The number of hydrogen-bond acceptors (Lipinski definition) is 5. The topological polar surface area (TPSA) is 106 Å².